The molecule has 0 saturated heterocycles. The largest absolute Gasteiger partial charge is 0.312 e. The Kier molecular flexibility index (Phi) is 4.70. The van der Waals surface area contributed by atoms with Crippen molar-refractivity contribution in [2.75, 3.05) is 6.54 Å². The maximum Gasteiger partial charge on any atom is 0.126 e. The Morgan fingerprint density at radius 3 is 2.47 bits per heavy atom. The summed E-state index contributed by atoms with van der Waals surface area (Å²) in [5, 5.41) is 3.40. The first-order chi connectivity index (χ1) is 7.83. The Labute approximate surface area is 104 Å². The van der Waals surface area contributed by atoms with Crippen LogP contribution in [-0.4, -0.2) is 6.54 Å². The number of aryl methyl sites for hydroxylation is 1. The predicted octanol–water partition coefficient (Wildman–Crippen LogP) is 3.91. The molecule has 0 unspecified atom stereocenters. The van der Waals surface area contributed by atoms with Crippen LogP contribution in [0.2, 0.25) is 0 Å². The van der Waals surface area contributed by atoms with E-state index in [-0.39, 0.29) is 11.2 Å². The molecule has 0 atom stereocenters. The molecule has 1 aromatic carbocycles. The molecule has 0 aliphatic heterocycles. The van der Waals surface area contributed by atoms with Crippen molar-refractivity contribution in [3.8, 4) is 0 Å². The molecule has 0 saturated carbocycles. The average Bonchev–Trinajstić information content (AvgIpc) is 2.23. The molecule has 1 aromatic rings. The van der Waals surface area contributed by atoms with Gasteiger partial charge < -0.3 is 5.32 Å². The highest BCUT2D eigenvalue weighted by Gasteiger charge is 2.21. The highest BCUT2D eigenvalue weighted by atomic mass is 19.1. The van der Waals surface area contributed by atoms with E-state index in [4.69, 9.17) is 0 Å². The number of hydrogen-bond acceptors (Lipinski definition) is 1. The van der Waals surface area contributed by atoms with Gasteiger partial charge in [0.15, 0.2) is 0 Å². The molecule has 96 valence electrons. The highest BCUT2D eigenvalue weighted by molar-refractivity contribution is 5.23. The van der Waals surface area contributed by atoms with Gasteiger partial charge in [-0.2, -0.15) is 0 Å². The first kappa shape index (κ1) is 14.2. The van der Waals surface area contributed by atoms with Crippen molar-refractivity contribution >= 4 is 0 Å². The van der Waals surface area contributed by atoms with Crippen LogP contribution < -0.4 is 5.32 Å². The Bertz CT molecular complexity index is 369. The topological polar surface area (TPSA) is 12.0 Å². The van der Waals surface area contributed by atoms with Gasteiger partial charge in [-0.05, 0) is 35.4 Å². The summed E-state index contributed by atoms with van der Waals surface area (Å²) in [4.78, 5) is 0. The van der Waals surface area contributed by atoms with E-state index in [1.807, 2.05) is 12.1 Å². The zero-order valence-electron chi connectivity index (χ0n) is 11.6. The molecule has 1 rings (SSSR count). The van der Waals surface area contributed by atoms with Crippen LogP contribution in [0.3, 0.4) is 0 Å². The molecule has 1 nitrogen and oxygen atoms in total. The molecule has 17 heavy (non-hydrogen) atoms. The van der Waals surface area contributed by atoms with Crippen molar-refractivity contribution in [1.29, 1.82) is 0 Å². The van der Waals surface area contributed by atoms with Gasteiger partial charge in [0.05, 0.1) is 0 Å². The molecule has 0 aliphatic rings. The van der Waals surface area contributed by atoms with Crippen molar-refractivity contribution in [1.82, 2.24) is 5.32 Å². The van der Waals surface area contributed by atoms with Crippen LogP contribution in [0.25, 0.3) is 0 Å². The van der Waals surface area contributed by atoms with Gasteiger partial charge >= 0.3 is 0 Å². The molecule has 1 N–H and O–H groups in total. The Balaban J connectivity index is 2.49. The van der Waals surface area contributed by atoms with E-state index in [0.717, 1.165) is 18.7 Å². The van der Waals surface area contributed by atoms with Gasteiger partial charge in [-0.1, -0.05) is 39.8 Å². The van der Waals surface area contributed by atoms with Crippen LogP contribution >= 0.6 is 0 Å². The summed E-state index contributed by atoms with van der Waals surface area (Å²) >= 11 is 0. The summed E-state index contributed by atoms with van der Waals surface area (Å²) in [5.41, 5.74) is 1.98. The van der Waals surface area contributed by atoms with Crippen LogP contribution in [0.1, 0.15) is 38.8 Å². The van der Waals surface area contributed by atoms with Gasteiger partial charge in [-0.25, -0.2) is 4.39 Å². The molecule has 0 bridgehead atoms. The molecule has 0 heterocycles. The third-order valence-corrected chi connectivity index (χ3v) is 3.71. The summed E-state index contributed by atoms with van der Waals surface area (Å²) in [7, 11) is 0. The fourth-order valence-electron chi connectivity index (χ4n) is 1.48. The highest BCUT2D eigenvalue weighted by Crippen LogP contribution is 2.24. The Morgan fingerprint density at radius 2 is 1.94 bits per heavy atom. The average molecular weight is 237 g/mol. The lowest BCUT2D eigenvalue weighted by atomic mass is 9.81. The minimum atomic E-state index is -0.118. The maximum absolute atomic E-state index is 13.3. The van der Waals surface area contributed by atoms with Crippen molar-refractivity contribution in [2.24, 2.45) is 11.3 Å². The second-order valence-electron chi connectivity index (χ2n) is 5.83. The Morgan fingerprint density at radius 1 is 1.29 bits per heavy atom. The van der Waals surface area contributed by atoms with E-state index in [1.165, 1.54) is 0 Å². The zero-order valence-corrected chi connectivity index (χ0v) is 11.6. The summed E-state index contributed by atoms with van der Waals surface area (Å²) in [5.74, 6) is 0.511. The third kappa shape index (κ3) is 4.12. The van der Waals surface area contributed by atoms with Crippen LogP contribution in [0, 0.1) is 24.1 Å². The van der Waals surface area contributed by atoms with E-state index in [0.29, 0.717) is 11.5 Å². The standard InChI is InChI=1S/C15H24FN/c1-11(2)15(4,5)10-17-9-13-7-6-12(3)14(16)8-13/h6-8,11,17H,9-10H2,1-5H3. The maximum atomic E-state index is 13.3. The molecular formula is C15H24FN. The number of rotatable bonds is 5. The molecule has 2 heteroatoms. The van der Waals surface area contributed by atoms with Crippen LogP contribution in [-0.2, 0) is 6.54 Å². The van der Waals surface area contributed by atoms with Gasteiger partial charge in [-0.3, -0.25) is 0 Å². The fraction of sp³-hybridized carbons (Fsp3) is 0.600. The summed E-state index contributed by atoms with van der Waals surface area (Å²) in [6.45, 7) is 12.4. The minimum absolute atomic E-state index is 0.118. The molecular weight excluding hydrogens is 213 g/mol. The van der Waals surface area contributed by atoms with Gasteiger partial charge in [0.2, 0.25) is 0 Å². The fourth-order valence-corrected chi connectivity index (χ4v) is 1.48. The quantitative estimate of drug-likeness (QED) is 0.819. The molecule has 0 fully saturated rings. The minimum Gasteiger partial charge on any atom is -0.312 e. The smallest absolute Gasteiger partial charge is 0.126 e. The van der Waals surface area contributed by atoms with Crippen LogP contribution in [0.15, 0.2) is 18.2 Å². The van der Waals surface area contributed by atoms with E-state index < -0.39 is 0 Å². The summed E-state index contributed by atoms with van der Waals surface area (Å²) < 4.78 is 13.3. The summed E-state index contributed by atoms with van der Waals surface area (Å²) in [6, 6.07) is 5.43. The lowest BCUT2D eigenvalue weighted by Gasteiger charge is -2.29. The second kappa shape index (κ2) is 5.63. The first-order valence-corrected chi connectivity index (χ1v) is 6.28. The lowest BCUT2D eigenvalue weighted by Crippen LogP contribution is -2.33. The lowest BCUT2D eigenvalue weighted by molar-refractivity contribution is 0.238. The number of benzene rings is 1. The van der Waals surface area contributed by atoms with E-state index in [9.17, 15) is 4.39 Å². The normalized spacial score (nSPS) is 12.2. The van der Waals surface area contributed by atoms with Gasteiger partial charge in [0.1, 0.15) is 5.82 Å². The van der Waals surface area contributed by atoms with Crippen molar-refractivity contribution < 1.29 is 4.39 Å². The number of hydrogen-bond donors (Lipinski definition) is 1. The molecule has 0 spiro atoms. The van der Waals surface area contributed by atoms with Gasteiger partial charge in [0.25, 0.3) is 0 Å². The van der Waals surface area contributed by atoms with Crippen molar-refractivity contribution in [3.63, 3.8) is 0 Å². The SMILES string of the molecule is Cc1ccc(CNCC(C)(C)C(C)C)cc1F. The molecule has 0 aliphatic carbocycles. The van der Waals surface area contributed by atoms with Crippen LogP contribution in [0.5, 0.6) is 0 Å². The molecule has 0 aromatic heterocycles. The number of nitrogens with one attached hydrogen (secondary N) is 1. The first-order valence-electron chi connectivity index (χ1n) is 6.28. The Hall–Kier alpha value is -0.890. The summed E-state index contributed by atoms with van der Waals surface area (Å²) in [6.07, 6.45) is 0. The zero-order chi connectivity index (χ0) is 13.1. The predicted molar refractivity (Wildman–Crippen MR) is 71.5 cm³/mol. The van der Waals surface area contributed by atoms with E-state index >= 15 is 0 Å². The van der Waals surface area contributed by atoms with Gasteiger partial charge in [-0.15, -0.1) is 0 Å². The number of halogens is 1. The van der Waals surface area contributed by atoms with Gasteiger partial charge in [0, 0.05) is 13.1 Å². The molecule has 0 radical (unpaired) electrons. The van der Waals surface area contributed by atoms with Crippen molar-refractivity contribution in [3.05, 3.63) is 35.1 Å². The second-order valence-corrected chi connectivity index (χ2v) is 5.83. The van der Waals surface area contributed by atoms with E-state index in [2.05, 4.69) is 33.0 Å². The molecule has 0 amide bonds. The monoisotopic (exact) mass is 237 g/mol. The van der Waals surface area contributed by atoms with E-state index in [1.54, 1.807) is 13.0 Å². The third-order valence-electron chi connectivity index (χ3n) is 3.71. The van der Waals surface area contributed by atoms with Crippen LogP contribution in [0.4, 0.5) is 4.39 Å². The van der Waals surface area contributed by atoms with Crippen molar-refractivity contribution in [2.45, 2.75) is 41.2 Å².